The first-order chi connectivity index (χ1) is 5.84. The Morgan fingerprint density at radius 1 is 1.50 bits per heavy atom. The van der Waals surface area contributed by atoms with Crippen molar-refractivity contribution in [1.82, 2.24) is 0 Å². The number of hydrogen-bond acceptors (Lipinski definition) is 1. The Bertz CT molecular complexity index is 110. The molecule has 0 aromatic carbocycles. The van der Waals surface area contributed by atoms with Crippen molar-refractivity contribution in [3.8, 4) is 0 Å². The topological polar surface area (TPSA) is 9.23 Å². The zero-order chi connectivity index (χ0) is 8.81. The van der Waals surface area contributed by atoms with E-state index in [-0.39, 0.29) is 0 Å². The molecule has 0 spiro atoms. The number of unbranched alkanes of at least 4 members (excludes halogenated alkanes) is 2. The van der Waals surface area contributed by atoms with Crippen molar-refractivity contribution >= 4 is 22.6 Å². The van der Waals surface area contributed by atoms with Crippen molar-refractivity contribution in [2.24, 2.45) is 0 Å². The van der Waals surface area contributed by atoms with Crippen LogP contribution in [0, 0.1) is 0 Å². The lowest BCUT2D eigenvalue weighted by molar-refractivity contribution is 0.110. The third-order valence-corrected chi connectivity index (χ3v) is 3.88. The van der Waals surface area contributed by atoms with Gasteiger partial charge in [0.25, 0.3) is 0 Å². The summed E-state index contributed by atoms with van der Waals surface area (Å²) < 4.78 is 6.40. The fourth-order valence-electron chi connectivity index (χ4n) is 1.66. The highest BCUT2D eigenvalue weighted by Crippen LogP contribution is 2.25. The molecule has 1 rings (SSSR count). The van der Waals surface area contributed by atoms with Crippen LogP contribution in [0.15, 0.2) is 0 Å². The van der Waals surface area contributed by atoms with Crippen molar-refractivity contribution in [2.45, 2.75) is 55.5 Å². The molecule has 0 aromatic rings. The first-order valence-corrected chi connectivity index (χ1v) is 6.35. The molecule has 1 aliphatic heterocycles. The first kappa shape index (κ1) is 10.8. The summed E-state index contributed by atoms with van der Waals surface area (Å²) in [5.74, 6) is 0. The van der Waals surface area contributed by atoms with Crippen molar-refractivity contribution in [1.29, 1.82) is 0 Å². The summed E-state index contributed by atoms with van der Waals surface area (Å²) in [5.41, 5.74) is 0. The molecule has 0 aromatic heterocycles. The van der Waals surface area contributed by atoms with Crippen LogP contribution in [0.4, 0.5) is 0 Å². The molecule has 0 saturated carbocycles. The standard InChI is InChI=1S/C10H19IO/c1-2-3-4-6-9(11)10-7-5-8-12-10/h9-10H,2-8H2,1H3/t9-,10-/m1/s1. The van der Waals surface area contributed by atoms with Crippen LogP contribution in [0.25, 0.3) is 0 Å². The van der Waals surface area contributed by atoms with Crippen molar-refractivity contribution in [3.63, 3.8) is 0 Å². The fraction of sp³-hybridized carbons (Fsp3) is 1.00. The molecule has 1 aliphatic rings. The first-order valence-electron chi connectivity index (χ1n) is 5.10. The number of alkyl halides is 1. The summed E-state index contributed by atoms with van der Waals surface area (Å²) in [4.78, 5) is 0. The van der Waals surface area contributed by atoms with E-state index < -0.39 is 0 Å². The van der Waals surface area contributed by atoms with Gasteiger partial charge < -0.3 is 4.74 Å². The third kappa shape index (κ3) is 3.60. The largest absolute Gasteiger partial charge is 0.377 e. The van der Waals surface area contributed by atoms with Crippen LogP contribution >= 0.6 is 22.6 Å². The van der Waals surface area contributed by atoms with Gasteiger partial charge in [-0.05, 0) is 19.3 Å². The van der Waals surface area contributed by atoms with E-state index in [9.17, 15) is 0 Å². The van der Waals surface area contributed by atoms with Gasteiger partial charge in [0.1, 0.15) is 0 Å². The van der Waals surface area contributed by atoms with Gasteiger partial charge in [-0.1, -0.05) is 48.8 Å². The molecule has 0 aliphatic carbocycles. The van der Waals surface area contributed by atoms with E-state index in [1.807, 2.05) is 0 Å². The molecule has 0 amide bonds. The number of halogens is 1. The molecule has 0 bridgehead atoms. The van der Waals surface area contributed by atoms with Gasteiger partial charge in [0.15, 0.2) is 0 Å². The summed E-state index contributed by atoms with van der Waals surface area (Å²) in [6, 6.07) is 0. The van der Waals surface area contributed by atoms with Gasteiger partial charge in [-0.2, -0.15) is 0 Å². The summed E-state index contributed by atoms with van der Waals surface area (Å²) in [6.45, 7) is 3.26. The average Bonchev–Trinajstić information content (AvgIpc) is 2.56. The lowest BCUT2D eigenvalue weighted by Crippen LogP contribution is -2.18. The number of hydrogen-bond donors (Lipinski definition) is 0. The predicted octanol–water partition coefficient (Wildman–Crippen LogP) is 3.55. The molecule has 2 atom stereocenters. The summed E-state index contributed by atoms with van der Waals surface area (Å²) in [6.07, 6.45) is 8.57. The minimum absolute atomic E-state index is 0.572. The van der Waals surface area contributed by atoms with Gasteiger partial charge in [-0.3, -0.25) is 0 Å². The van der Waals surface area contributed by atoms with Gasteiger partial charge in [-0.25, -0.2) is 0 Å². The quantitative estimate of drug-likeness (QED) is 0.425. The lowest BCUT2D eigenvalue weighted by Gasteiger charge is -2.16. The molecule has 72 valence electrons. The van der Waals surface area contributed by atoms with Crippen molar-refractivity contribution in [3.05, 3.63) is 0 Å². The van der Waals surface area contributed by atoms with Crippen LogP contribution in [0.5, 0.6) is 0 Å². The molecule has 2 heteroatoms. The van der Waals surface area contributed by atoms with E-state index in [0.717, 1.165) is 10.5 Å². The second-order valence-electron chi connectivity index (χ2n) is 3.56. The Labute approximate surface area is 89.4 Å². The van der Waals surface area contributed by atoms with Crippen LogP contribution in [0.1, 0.15) is 45.4 Å². The van der Waals surface area contributed by atoms with Crippen LogP contribution in [-0.4, -0.2) is 16.6 Å². The fourth-order valence-corrected chi connectivity index (χ4v) is 2.67. The van der Waals surface area contributed by atoms with Gasteiger partial charge in [0.2, 0.25) is 0 Å². The summed E-state index contributed by atoms with van der Waals surface area (Å²) in [5, 5.41) is 0. The zero-order valence-corrected chi connectivity index (χ0v) is 10.0. The van der Waals surface area contributed by atoms with E-state index in [2.05, 4.69) is 29.5 Å². The SMILES string of the molecule is CCCCC[C@@H](I)[C@H]1CCCO1. The second-order valence-corrected chi connectivity index (χ2v) is 5.16. The second kappa shape index (κ2) is 6.19. The number of ether oxygens (including phenoxy) is 1. The van der Waals surface area contributed by atoms with Crippen LogP contribution in [0.2, 0.25) is 0 Å². The maximum atomic E-state index is 5.64. The molecular formula is C10H19IO. The number of rotatable bonds is 5. The molecule has 1 saturated heterocycles. The van der Waals surface area contributed by atoms with Crippen molar-refractivity contribution in [2.75, 3.05) is 6.61 Å². The molecule has 0 unspecified atom stereocenters. The molecular weight excluding hydrogens is 263 g/mol. The highest BCUT2D eigenvalue weighted by molar-refractivity contribution is 14.1. The Morgan fingerprint density at radius 2 is 2.33 bits per heavy atom. The predicted molar refractivity (Wildman–Crippen MR) is 60.9 cm³/mol. The Kier molecular flexibility index (Phi) is 5.56. The minimum atomic E-state index is 0.572. The van der Waals surface area contributed by atoms with E-state index in [0.29, 0.717) is 6.10 Å². The van der Waals surface area contributed by atoms with Gasteiger partial charge in [-0.15, -0.1) is 0 Å². The molecule has 1 heterocycles. The van der Waals surface area contributed by atoms with Crippen LogP contribution < -0.4 is 0 Å². The molecule has 0 N–H and O–H groups in total. The van der Waals surface area contributed by atoms with Gasteiger partial charge >= 0.3 is 0 Å². The molecule has 0 radical (unpaired) electrons. The van der Waals surface area contributed by atoms with Crippen molar-refractivity contribution < 1.29 is 4.74 Å². The average molecular weight is 282 g/mol. The molecule has 1 nitrogen and oxygen atoms in total. The normalized spacial score (nSPS) is 26.0. The maximum absolute atomic E-state index is 5.64. The van der Waals surface area contributed by atoms with E-state index in [1.54, 1.807) is 0 Å². The van der Waals surface area contributed by atoms with Crippen LogP contribution in [-0.2, 0) is 4.74 Å². The van der Waals surface area contributed by atoms with E-state index in [4.69, 9.17) is 4.74 Å². The molecule has 1 fully saturated rings. The Hall–Kier alpha value is 0.690. The van der Waals surface area contributed by atoms with Gasteiger partial charge in [0, 0.05) is 10.5 Å². The monoisotopic (exact) mass is 282 g/mol. The minimum Gasteiger partial charge on any atom is -0.377 e. The lowest BCUT2D eigenvalue weighted by atomic mass is 10.1. The zero-order valence-electron chi connectivity index (χ0n) is 7.89. The summed E-state index contributed by atoms with van der Waals surface area (Å²) in [7, 11) is 0. The highest BCUT2D eigenvalue weighted by atomic mass is 127. The Balaban J connectivity index is 2.05. The van der Waals surface area contributed by atoms with E-state index >= 15 is 0 Å². The summed E-state index contributed by atoms with van der Waals surface area (Å²) >= 11 is 2.56. The third-order valence-electron chi connectivity index (χ3n) is 2.45. The maximum Gasteiger partial charge on any atom is 0.0693 e. The van der Waals surface area contributed by atoms with Crippen LogP contribution in [0.3, 0.4) is 0 Å². The van der Waals surface area contributed by atoms with E-state index in [1.165, 1.54) is 38.5 Å². The smallest absolute Gasteiger partial charge is 0.0693 e. The molecule has 12 heavy (non-hydrogen) atoms. The van der Waals surface area contributed by atoms with Gasteiger partial charge in [0.05, 0.1) is 6.10 Å². The Morgan fingerprint density at radius 3 is 2.92 bits per heavy atom. The highest BCUT2D eigenvalue weighted by Gasteiger charge is 2.22.